The van der Waals surface area contributed by atoms with Gasteiger partial charge in [0.25, 0.3) is 0 Å². The highest BCUT2D eigenvalue weighted by Gasteiger charge is 2.06. The molecule has 1 aromatic rings. The Kier molecular flexibility index (Phi) is 15.4. The molecule has 0 aliphatic heterocycles. The first-order chi connectivity index (χ1) is 13.8. The van der Waals surface area contributed by atoms with Crippen molar-refractivity contribution in [2.75, 3.05) is 13.7 Å². The summed E-state index contributed by atoms with van der Waals surface area (Å²) in [4.78, 5) is 11.9. The van der Waals surface area contributed by atoms with Gasteiger partial charge in [-0.25, -0.2) is 4.79 Å². The van der Waals surface area contributed by atoms with Crippen LogP contribution in [0.25, 0.3) is 0 Å². The van der Waals surface area contributed by atoms with Gasteiger partial charge in [0.15, 0.2) is 0 Å². The number of rotatable bonds is 18. The quantitative estimate of drug-likeness (QED) is 0.190. The number of hydrogen-bond acceptors (Lipinski definition) is 3. The first kappa shape index (κ1) is 24.5. The number of unbranched alkanes of at least 4 members (excludes halogenated alkanes) is 14. The second-order valence-electron chi connectivity index (χ2n) is 7.81. The average molecular weight is 391 g/mol. The molecule has 0 atom stereocenters. The van der Waals surface area contributed by atoms with E-state index < -0.39 is 0 Å². The second kappa shape index (κ2) is 17.6. The Labute approximate surface area is 173 Å². The molecule has 0 spiro atoms. The highest BCUT2D eigenvalue weighted by Crippen LogP contribution is 2.14. The maximum absolute atomic E-state index is 11.9. The van der Waals surface area contributed by atoms with Crippen LogP contribution in [-0.4, -0.2) is 19.7 Å². The lowest BCUT2D eigenvalue weighted by Crippen LogP contribution is -2.06. The summed E-state index contributed by atoms with van der Waals surface area (Å²) >= 11 is 0. The molecule has 0 aromatic heterocycles. The molecule has 0 heterocycles. The van der Waals surface area contributed by atoms with E-state index in [1.807, 2.05) is 0 Å². The van der Waals surface area contributed by atoms with Gasteiger partial charge in [-0.15, -0.1) is 0 Å². The van der Waals surface area contributed by atoms with Gasteiger partial charge in [0.1, 0.15) is 5.75 Å². The van der Waals surface area contributed by atoms with Crippen molar-refractivity contribution in [3.63, 3.8) is 0 Å². The van der Waals surface area contributed by atoms with E-state index >= 15 is 0 Å². The van der Waals surface area contributed by atoms with E-state index in [1.165, 1.54) is 83.5 Å². The lowest BCUT2D eigenvalue weighted by atomic mass is 10.0. The molecule has 0 saturated heterocycles. The molecule has 0 radical (unpaired) electrons. The number of hydrogen-bond donors (Lipinski definition) is 0. The summed E-state index contributed by atoms with van der Waals surface area (Å²) in [6, 6.07) is 7.05. The van der Waals surface area contributed by atoms with Crippen LogP contribution in [0.4, 0.5) is 0 Å². The van der Waals surface area contributed by atoms with Crippen LogP contribution in [0.2, 0.25) is 0 Å². The molecule has 0 aliphatic rings. The molecule has 0 saturated carbocycles. The van der Waals surface area contributed by atoms with E-state index in [0.29, 0.717) is 12.2 Å². The highest BCUT2D eigenvalue weighted by atomic mass is 16.5. The normalized spacial score (nSPS) is 10.8. The average Bonchev–Trinajstić information content (AvgIpc) is 2.73. The van der Waals surface area contributed by atoms with Gasteiger partial charge in [0.2, 0.25) is 0 Å². The third kappa shape index (κ3) is 12.8. The van der Waals surface area contributed by atoms with Crippen LogP contribution in [0.3, 0.4) is 0 Å². The molecule has 0 bridgehead atoms. The number of carbonyl (C=O) groups is 1. The fourth-order valence-corrected chi connectivity index (χ4v) is 3.45. The van der Waals surface area contributed by atoms with E-state index in [-0.39, 0.29) is 5.97 Å². The van der Waals surface area contributed by atoms with Crippen molar-refractivity contribution >= 4 is 5.97 Å². The van der Waals surface area contributed by atoms with Gasteiger partial charge in [0, 0.05) is 0 Å². The van der Waals surface area contributed by atoms with Crippen LogP contribution in [0.15, 0.2) is 24.3 Å². The summed E-state index contributed by atoms with van der Waals surface area (Å²) in [5.41, 5.74) is 0.585. The third-order valence-corrected chi connectivity index (χ3v) is 5.31. The first-order valence-electron chi connectivity index (χ1n) is 11.6. The SMILES string of the molecule is CCCCCCCCCCCCCCCCCOC(=O)c1ccc(OC)cc1. The summed E-state index contributed by atoms with van der Waals surface area (Å²) in [5.74, 6) is 0.506. The van der Waals surface area contributed by atoms with Crippen LogP contribution in [-0.2, 0) is 4.74 Å². The minimum absolute atomic E-state index is 0.243. The highest BCUT2D eigenvalue weighted by molar-refractivity contribution is 5.89. The molecule has 0 amide bonds. The topological polar surface area (TPSA) is 35.5 Å². The summed E-state index contributed by atoms with van der Waals surface area (Å²) in [7, 11) is 1.61. The summed E-state index contributed by atoms with van der Waals surface area (Å²) in [6.45, 7) is 2.79. The maximum Gasteiger partial charge on any atom is 0.338 e. The van der Waals surface area contributed by atoms with Gasteiger partial charge in [-0.05, 0) is 30.7 Å². The zero-order valence-corrected chi connectivity index (χ0v) is 18.3. The standard InChI is InChI=1S/C25H42O3/c1-3-4-5-6-7-8-9-10-11-12-13-14-15-16-17-22-28-25(26)23-18-20-24(27-2)21-19-23/h18-21H,3-17,22H2,1-2H3. The van der Waals surface area contributed by atoms with E-state index in [0.717, 1.165) is 18.6 Å². The lowest BCUT2D eigenvalue weighted by molar-refractivity contribution is 0.0497. The molecule has 160 valence electrons. The molecule has 3 heteroatoms. The Bertz CT molecular complexity index is 481. The molecule has 0 N–H and O–H groups in total. The molecular formula is C25H42O3. The number of methoxy groups -OCH3 is 1. The predicted molar refractivity (Wildman–Crippen MR) is 118 cm³/mol. The summed E-state index contributed by atoms with van der Waals surface area (Å²) in [5, 5.41) is 0. The monoisotopic (exact) mass is 390 g/mol. The Morgan fingerprint density at radius 2 is 1.11 bits per heavy atom. The van der Waals surface area contributed by atoms with Crippen molar-refractivity contribution in [3.05, 3.63) is 29.8 Å². The zero-order valence-electron chi connectivity index (χ0n) is 18.3. The van der Waals surface area contributed by atoms with Gasteiger partial charge in [0.05, 0.1) is 19.3 Å². The van der Waals surface area contributed by atoms with E-state index in [9.17, 15) is 4.79 Å². The third-order valence-electron chi connectivity index (χ3n) is 5.31. The molecule has 0 unspecified atom stereocenters. The van der Waals surface area contributed by atoms with E-state index in [1.54, 1.807) is 31.4 Å². The van der Waals surface area contributed by atoms with Gasteiger partial charge >= 0.3 is 5.97 Å². The fourth-order valence-electron chi connectivity index (χ4n) is 3.45. The van der Waals surface area contributed by atoms with Crippen molar-refractivity contribution in [2.45, 2.75) is 103 Å². The Morgan fingerprint density at radius 3 is 1.54 bits per heavy atom. The minimum atomic E-state index is -0.243. The number of esters is 1. The smallest absolute Gasteiger partial charge is 0.338 e. The largest absolute Gasteiger partial charge is 0.497 e. The van der Waals surface area contributed by atoms with Gasteiger partial charge < -0.3 is 9.47 Å². The van der Waals surface area contributed by atoms with Crippen LogP contribution in [0, 0.1) is 0 Å². The second-order valence-corrected chi connectivity index (χ2v) is 7.81. The van der Waals surface area contributed by atoms with Crippen LogP contribution in [0.5, 0.6) is 5.75 Å². The van der Waals surface area contributed by atoms with Gasteiger partial charge in [-0.3, -0.25) is 0 Å². The number of ether oxygens (including phenoxy) is 2. The van der Waals surface area contributed by atoms with Crippen molar-refractivity contribution < 1.29 is 14.3 Å². The Balaban J connectivity index is 1.83. The lowest BCUT2D eigenvalue weighted by Gasteiger charge is -2.06. The van der Waals surface area contributed by atoms with Crippen molar-refractivity contribution in [3.8, 4) is 5.75 Å². The van der Waals surface area contributed by atoms with Crippen LogP contribution < -0.4 is 4.74 Å². The van der Waals surface area contributed by atoms with Crippen molar-refractivity contribution in [2.24, 2.45) is 0 Å². The molecule has 3 nitrogen and oxygen atoms in total. The number of benzene rings is 1. The summed E-state index contributed by atoms with van der Waals surface area (Å²) in [6.07, 6.45) is 20.1. The molecule has 0 fully saturated rings. The minimum Gasteiger partial charge on any atom is -0.497 e. The van der Waals surface area contributed by atoms with Crippen LogP contribution in [0.1, 0.15) is 114 Å². The van der Waals surface area contributed by atoms with Crippen molar-refractivity contribution in [1.82, 2.24) is 0 Å². The van der Waals surface area contributed by atoms with E-state index in [4.69, 9.17) is 9.47 Å². The van der Waals surface area contributed by atoms with E-state index in [2.05, 4.69) is 6.92 Å². The molecular weight excluding hydrogens is 348 g/mol. The molecule has 1 aromatic carbocycles. The fraction of sp³-hybridized carbons (Fsp3) is 0.720. The Morgan fingerprint density at radius 1 is 0.679 bits per heavy atom. The van der Waals surface area contributed by atoms with Crippen LogP contribution >= 0.6 is 0 Å². The summed E-state index contributed by atoms with van der Waals surface area (Å²) < 4.78 is 10.4. The maximum atomic E-state index is 11.9. The predicted octanol–water partition coefficient (Wildman–Crippen LogP) is 7.72. The first-order valence-corrected chi connectivity index (χ1v) is 11.6. The Hall–Kier alpha value is -1.51. The number of carbonyl (C=O) groups excluding carboxylic acids is 1. The molecule has 1 rings (SSSR count). The molecule has 28 heavy (non-hydrogen) atoms. The van der Waals surface area contributed by atoms with Gasteiger partial charge in [-0.2, -0.15) is 0 Å². The zero-order chi connectivity index (χ0) is 20.3. The van der Waals surface area contributed by atoms with Crippen molar-refractivity contribution in [1.29, 1.82) is 0 Å². The molecule has 0 aliphatic carbocycles. The van der Waals surface area contributed by atoms with Gasteiger partial charge in [-0.1, -0.05) is 96.8 Å².